The number of rotatable bonds is 1. The van der Waals surface area contributed by atoms with Crippen LogP contribution in [-0.4, -0.2) is 19.3 Å². The Kier molecular flexibility index (Phi) is 2.43. The molecule has 2 N–H and O–H groups in total. The molecule has 5 heteroatoms. The van der Waals surface area contributed by atoms with E-state index in [4.69, 9.17) is 10.7 Å². The van der Waals surface area contributed by atoms with Gasteiger partial charge in [-0.15, -0.1) is 0 Å². The number of imidazole rings is 1. The molecule has 0 aromatic carbocycles. The number of fused-ring (bicyclic) bond motifs is 1. The molecular weight excluding hydrogens is 226 g/mol. The summed E-state index contributed by atoms with van der Waals surface area (Å²) in [5, 5.41) is 4.37. The highest BCUT2D eigenvalue weighted by molar-refractivity contribution is 5.72. The highest BCUT2D eigenvalue weighted by Crippen LogP contribution is 2.35. The van der Waals surface area contributed by atoms with E-state index in [-0.39, 0.29) is 0 Å². The van der Waals surface area contributed by atoms with Crippen LogP contribution in [0.1, 0.15) is 37.2 Å². The van der Waals surface area contributed by atoms with E-state index < -0.39 is 0 Å². The van der Waals surface area contributed by atoms with E-state index in [9.17, 15) is 0 Å². The predicted molar refractivity (Wildman–Crippen MR) is 71.2 cm³/mol. The fraction of sp³-hybridized carbons (Fsp3) is 0.538. The molecule has 1 atom stereocenters. The maximum Gasteiger partial charge on any atom is 0.131 e. The van der Waals surface area contributed by atoms with Crippen LogP contribution in [-0.2, 0) is 13.6 Å². The van der Waals surface area contributed by atoms with Crippen molar-refractivity contribution in [1.82, 2.24) is 19.3 Å². The molecule has 0 spiro atoms. The van der Waals surface area contributed by atoms with Crippen LogP contribution < -0.4 is 5.73 Å². The van der Waals surface area contributed by atoms with Crippen LogP contribution in [0.3, 0.4) is 0 Å². The smallest absolute Gasteiger partial charge is 0.131 e. The monoisotopic (exact) mass is 245 g/mol. The fourth-order valence-corrected chi connectivity index (χ4v) is 2.81. The average molecular weight is 245 g/mol. The number of aromatic nitrogens is 4. The van der Waals surface area contributed by atoms with Gasteiger partial charge in [-0.25, -0.2) is 4.98 Å². The van der Waals surface area contributed by atoms with Gasteiger partial charge in [0.15, 0.2) is 0 Å². The van der Waals surface area contributed by atoms with E-state index >= 15 is 0 Å². The summed E-state index contributed by atoms with van der Waals surface area (Å²) < 4.78 is 3.97. The van der Waals surface area contributed by atoms with Crippen molar-refractivity contribution in [3.05, 3.63) is 17.7 Å². The van der Waals surface area contributed by atoms with Gasteiger partial charge in [0, 0.05) is 31.3 Å². The maximum absolute atomic E-state index is 6.26. The number of nitrogens with two attached hydrogens (primary N) is 1. The summed E-state index contributed by atoms with van der Waals surface area (Å²) in [6.45, 7) is 5.20. The number of aryl methyl sites for hydroxylation is 2. The Hall–Kier alpha value is -1.78. The van der Waals surface area contributed by atoms with Gasteiger partial charge >= 0.3 is 0 Å². The molecule has 0 bridgehead atoms. The lowest BCUT2D eigenvalue weighted by Gasteiger charge is -2.20. The second-order valence-electron chi connectivity index (χ2n) is 5.20. The molecule has 18 heavy (non-hydrogen) atoms. The fourth-order valence-electron chi connectivity index (χ4n) is 2.81. The molecule has 1 aliphatic rings. The quantitative estimate of drug-likeness (QED) is 0.836. The second kappa shape index (κ2) is 3.86. The molecule has 0 saturated carbocycles. The van der Waals surface area contributed by atoms with Gasteiger partial charge in [0.25, 0.3) is 0 Å². The van der Waals surface area contributed by atoms with E-state index in [0.29, 0.717) is 5.92 Å². The van der Waals surface area contributed by atoms with Gasteiger partial charge in [0.2, 0.25) is 0 Å². The SMILES string of the molecule is Cc1nn(C)cc1-c1nc2n(c1N)CCCC2C. The minimum atomic E-state index is 0.492. The van der Waals surface area contributed by atoms with Crippen LogP contribution in [0, 0.1) is 6.92 Å². The van der Waals surface area contributed by atoms with Crippen molar-refractivity contribution in [2.24, 2.45) is 7.05 Å². The number of hydrogen-bond donors (Lipinski definition) is 1. The number of hydrogen-bond acceptors (Lipinski definition) is 3. The highest BCUT2D eigenvalue weighted by atomic mass is 15.3. The standard InChI is InChI=1S/C13H19N5/c1-8-5-4-6-18-12(14)11(15-13(8)18)10-7-17(3)16-9(10)2/h7-8H,4-6,14H2,1-3H3. The molecule has 1 aliphatic heterocycles. The maximum atomic E-state index is 6.26. The zero-order valence-electron chi connectivity index (χ0n) is 11.1. The lowest BCUT2D eigenvalue weighted by Crippen LogP contribution is -2.15. The van der Waals surface area contributed by atoms with Crippen molar-refractivity contribution in [2.45, 2.75) is 39.2 Å². The van der Waals surface area contributed by atoms with Crippen molar-refractivity contribution in [1.29, 1.82) is 0 Å². The molecule has 0 amide bonds. The van der Waals surface area contributed by atoms with E-state index in [1.54, 1.807) is 0 Å². The van der Waals surface area contributed by atoms with Crippen LogP contribution in [0.4, 0.5) is 5.82 Å². The first kappa shape index (κ1) is 11.3. The van der Waals surface area contributed by atoms with Gasteiger partial charge in [-0.3, -0.25) is 4.68 Å². The first-order valence-corrected chi connectivity index (χ1v) is 6.44. The molecule has 1 unspecified atom stereocenters. The van der Waals surface area contributed by atoms with Gasteiger partial charge in [-0.05, 0) is 19.8 Å². The van der Waals surface area contributed by atoms with Crippen LogP contribution in [0.25, 0.3) is 11.3 Å². The zero-order valence-corrected chi connectivity index (χ0v) is 11.1. The van der Waals surface area contributed by atoms with E-state index in [0.717, 1.165) is 35.1 Å². The Balaban J connectivity index is 2.16. The van der Waals surface area contributed by atoms with Crippen molar-refractivity contribution in [3.63, 3.8) is 0 Å². The molecule has 0 fully saturated rings. The Morgan fingerprint density at radius 1 is 1.44 bits per heavy atom. The summed E-state index contributed by atoms with van der Waals surface area (Å²) >= 11 is 0. The average Bonchev–Trinajstić information content (AvgIpc) is 2.81. The minimum absolute atomic E-state index is 0.492. The van der Waals surface area contributed by atoms with Crippen LogP contribution in [0.15, 0.2) is 6.20 Å². The lowest BCUT2D eigenvalue weighted by molar-refractivity contribution is 0.467. The van der Waals surface area contributed by atoms with E-state index in [2.05, 4.69) is 16.6 Å². The Morgan fingerprint density at radius 2 is 2.22 bits per heavy atom. The summed E-state index contributed by atoms with van der Waals surface area (Å²) in [5.74, 6) is 2.40. The topological polar surface area (TPSA) is 61.7 Å². The molecule has 96 valence electrons. The molecular formula is C13H19N5. The van der Waals surface area contributed by atoms with E-state index in [1.165, 1.54) is 12.8 Å². The van der Waals surface area contributed by atoms with Crippen LogP contribution >= 0.6 is 0 Å². The first-order chi connectivity index (χ1) is 8.58. The van der Waals surface area contributed by atoms with Crippen molar-refractivity contribution < 1.29 is 0 Å². The third-order valence-corrected chi connectivity index (χ3v) is 3.76. The lowest BCUT2D eigenvalue weighted by atomic mass is 10.0. The summed E-state index contributed by atoms with van der Waals surface area (Å²) in [6, 6.07) is 0. The van der Waals surface area contributed by atoms with Crippen molar-refractivity contribution in [3.8, 4) is 11.3 Å². The largest absolute Gasteiger partial charge is 0.383 e. The van der Waals surface area contributed by atoms with Crippen LogP contribution in [0.5, 0.6) is 0 Å². The highest BCUT2D eigenvalue weighted by Gasteiger charge is 2.24. The normalized spacial score (nSPS) is 18.9. The Labute approximate surface area is 107 Å². The Morgan fingerprint density at radius 3 is 2.83 bits per heavy atom. The van der Waals surface area contributed by atoms with Crippen molar-refractivity contribution in [2.75, 3.05) is 5.73 Å². The van der Waals surface area contributed by atoms with Gasteiger partial charge in [-0.1, -0.05) is 6.92 Å². The van der Waals surface area contributed by atoms with Crippen molar-refractivity contribution >= 4 is 5.82 Å². The molecule has 2 aromatic rings. The number of nitrogen functional groups attached to an aromatic ring is 1. The van der Waals surface area contributed by atoms with Gasteiger partial charge in [-0.2, -0.15) is 5.10 Å². The first-order valence-electron chi connectivity index (χ1n) is 6.44. The second-order valence-corrected chi connectivity index (χ2v) is 5.20. The predicted octanol–water partition coefficient (Wildman–Crippen LogP) is 2.07. The zero-order chi connectivity index (χ0) is 12.9. The van der Waals surface area contributed by atoms with Gasteiger partial charge < -0.3 is 10.3 Å². The Bertz CT molecular complexity index is 593. The molecule has 0 saturated heterocycles. The third-order valence-electron chi connectivity index (χ3n) is 3.76. The summed E-state index contributed by atoms with van der Waals surface area (Å²) in [6.07, 6.45) is 4.37. The van der Waals surface area contributed by atoms with E-state index in [1.807, 2.05) is 24.9 Å². The molecule has 0 radical (unpaired) electrons. The molecule has 0 aliphatic carbocycles. The molecule has 2 aromatic heterocycles. The third kappa shape index (κ3) is 1.54. The summed E-state index contributed by atoms with van der Waals surface area (Å²) in [4.78, 5) is 4.76. The minimum Gasteiger partial charge on any atom is -0.383 e. The number of anilines is 1. The molecule has 3 rings (SSSR count). The number of nitrogens with zero attached hydrogens (tertiary/aromatic N) is 4. The summed E-state index contributed by atoms with van der Waals surface area (Å²) in [5.41, 5.74) is 9.18. The summed E-state index contributed by atoms with van der Waals surface area (Å²) in [7, 11) is 1.92. The van der Waals surface area contributed by atoms with Gasteiger partial charge in [0.05, 0.1) is 5.69 Å². The van der Waals surface area contributed by atoms with Gasteiger partial charge in [0.1, 0.15) is 17.3 Å². The van der Waals surface area contributed by atoms with Crippen LogP contribution in [0.2, 0.25) is 0 Å². The molecule has 5 nitrogen and oxygen atoms in total. The molecule has 3 heterocycles.